The van der Waals surface area contributed by atoms with Gasteiger partial charge in [-0.15, -0.1) is 0 Å². The smallest absolute Gasteiger partial charge is 0.407 e. The lowest BCUT2D eigenvalue weighted by Crippen LogP contribution is -2.37. The summed E-state index contributed by atoms with van der Waals surface area (Å²) in [6.07, 6.45) is -1.70. The van der Waals surface area contributed by atoms with Crippen LogP contribution in [0.5, 0.6) is 0 Å². The number of nitrogens with one attached hydrogen (secondary N) is 2. The lowest BCUT2D eigenvalue weighted by atomic mass is 9.90. The van der Waals surface area contributed by atoms with E-state index in [0.717, 1.165) is 22.3 Å². The van der Waals surface area contributed by atoms with E-state index < -0.39 is 29.5 Å². The molecule has 0 saturated carbocycles. The number of benzene rings is 2. The number of hydrogen-bond acceptors (Lipinski definition) is 5. The molecule has 2 aromatic carbocycles. The number of aliphatic hydroxyl groups is 1. The van der Waals surface area contributed by atoms with Gasteiger partial charge in [0, 0.05) is 19.0 Å². The quantitative estimate of drug-likeness (QED) is 0.438. The predicted octanol–water partition coefficient (Wildman–Crippen LogP) is 2.89. The number of carboxylic acids is 1. The number of hydrogen-bond donors (Lipinski definition) is 4. The first kappa shape index (κ1) is 24.3. The average Bonchev–Trinajstić information content (AvgIpc) is 3.10. The number of amides is 2. The maximum atomic E-state index is 12.2. The van der Waals surface area contributed by atoms with E-state index in [4.69, 9.17) is 9.84 Å². The summed E-state index contributed by atoms with van der Waals surface area (Å²) >= 11 is 0. The topological polar surface area (TPSA) is 125 Å². The molecule has 2 aromatic rings. The fraction of sp³-hybridized carbons (Fsp3) is 0.400. The highest BCUT2D eigenvalue weighted by molar-refractivity contribution is 5.79. The maximum absolute atomic E-state index is 12.2. The second kappa shape index (κ2) is 10.5. The Morgan fingerprint density at radius 2 is 1.58 bits per heavy atom. The fourth-order valence-corrected chi connectivity index (χ4v) is 3.83. The minimum Gasteiger partial charge on any atom is -0.481 e. The number of carbonyl (C=O) groups excluding carboxylic acids is 2. The summed E-state index contributed by atoms with van der Waals surface area (Å²) in [6, 6.07) is 16.1. The Labute approximate surface area is 193 Å². The molecular weight excluding hydrogens is 424 g/mol. The Hall–Kier alpha value is -3.39. The van der Waals surface area contributed by atoms with E-state index in [2.05, 4.69) is 22.8 Å². The molecule has 1 unspecified atom stereocenters. The van der Waals surface area contributed by atoms with E-state index in [9.17, 15) is 19.5 Å². The number of aliphatic hydroxyl groups excluding tert-OH is 1. The third-order valence-electron chi connectivity index (χ3n) is 5.90. The molecule has 0 aliphatic heterocycles. The van der Waals surface area contributed by atoms with Crippen LogP contribution in [0.2, 0.25) is 0 Å². The van der Waals surface area contributed by atoms with E-state index in [1.807, 2.05) is 36.4 Å². The van der Waals surface area contributed by atoms with Crippen LogP contribution in [-0.4, -0.2) is 54.0 Å². The zero-order valence-corrected chi connectivity index (χ0v) is 18.8. The molecule has 3 rings (SSSR count). The molecule has 0 saturated heterocycles. The van der Waals surface area contributed by atoms with Gasteiger partial charge in [-0.1, -0.05) is 48.5 Å². The fourth-order valence-electron chi connectivity index (χ4n) is 3.83. The van der Waals surface area contributed by atoms with Crippen LogP contribution >= 0.6 is 0 Å². The number of fused-ring (bicyclic) bond motifs is 3. The van der Waals surface area contributed by atoms with E-state index >= 15 is 0 Å². The normalized spacial score (nSPS) is 13.5. The highest BCUT2D eigenvalue weighted by Crippen LogP contribution is 2.44. The molecule has 2 amide bonds. The molecule has 0 fully saturated rings. The van der Waals surface area contributed by atoms with Crippen molar-refractivity contribution in [3.8, 4) is 11.1 Å². The molecule has 33 heavy (non-hydrogen) atoms. The molecule has 1 aliphatic carbocycles. The first-order valence-corrected chi connectivity index (χ1v) is 11.0. The maximum Gasteiger partial charge on any atom is 0.407 e. The van der Waals surface area contributed by atoms with E-state index in [1.54, 1.807) is 13.8 Å². The number of ether oxygens (including phenoxy) is 1. The molecule has 1 aliphatic rings. The van der Waals surface area contributed by atoms with Crippen LogP contribution in [0.15, 0.2) is 48.5 Å². The first-order chi connectivity index (χ1) is 15.7. The van der Waals surface area contributed by atoms with Gasteiger partial charge in [-0.25, -0.2) is 4.79 Å². The Kier molecular flexibility index (Phi) is 7.71. The number of carbonyl (C=O) groups is 3. The summed E-state index contributed by atoms with van der Waals surface area (Å²) in [6.45, 7) is 3.37. The van der Waals surface area contributed by atoms with Crippen molar-refractivity contribution in [3.63, 3.8) is 0 Å². The van der Waals surface area contributed by atoms with Crippen LogP contribution < -0.4 is 10.6 Å². The van der Waals surface area contributed by atoms with Crippen LogP contribution in [-0.2, 0) is 14.3 Å². The monoisotopic (exact) mass is 454 g/mol. The van der Waals surface area contributed by atoms with Crippen molar-refractivity contribution >= 4 is 18.0 Å². The Morgan fingerprint density at radius 3 is 2.15 bits per heavy atom. The van der Waals surface area contributed by atoms with Crippen molar-refractivity contribution in [2.45, 2.75) is 38.7 Å². The first-order valence-electron chi connectivity index (χ1n) is 11.0. The van der Waals surface area contributed by atoms with Gasteiger partial charge < -0.3 is 25.6 Å². The molecule has 0 spiro atoms. The largest absolute Gasteiger partial charge is 0.481 e. The highest BCUT2D eigenvalue weighted by atomic mass is 16.5. The molecule has 176 valence electrons. The van der Waals surface area contributed by atoms with Crippen molar-refractivity contribution in [2.24, 2.45) is 5.41 Å². The second-order valence-electron chi connectivity index (χ2n) is 8.85. The summed E-state index contributed by atoms with van der Waals surface area (Å²) in [7, 11) is 0. The zero-order valence-electron chi connectivity index (χ0n) is 18.8. The van der Waals surface area contributed by atoms with E-state index in [-0.39, 0.29) is 38.5 Å². The van der Waals surface area contributed by atoms with Gasteiger partial charge in [0.2, 0.25) is 5.91 Å². The van der Waals surface area contributed by atoms with Gasteiger partial charge in [0.25, 0.3) is 0 Å². The average molecular weight is 455 g/mol. The van der Waals surface area contributed by atoms with Crippen LogP contribution in [0.3, 0.4) is 0 Å². The lowest BCUT2D eigenvalue weighted by molar-refractivity contribution is -0.147. The summed E-state index contributed by atoms with van der Waals surface area (Å²) in [4.78, 5) is 35.2. The van der Waals surface area contributed by atoms with Crippen LogP contribution in [0, 0.1) is 5.41 Å². The minimum atomic E-state index is -1.09. The van der Waals surface area contributed by atoms with E-state index in [0.29, 0.717) is 0 Å². The number of aliphatic carboxylic acids is 1. The minimum absolute atomic E-state index is 0.0612. The van der Waals surface area contributed by atoms with Crippen molar-refractivity contribution in [1.82, 2.24) is 10.6 Å². The molecule has 0 aromatic heterocycles. The Morgan fingerprint density at radius 1 is 1.00 bits per heavy atom. The van der Waals surface area contributed by atoms with Gasteiger partial charge in [-0.3, -0.25) is 9.59 Å². The molecule has 8 heteroatoms. The summed E-state index contributed by atoms with van der Waals surface area (Å²) in [5.41, 5.74) is 3.53. The van der Waals surface area contributed by atoms with Crippen LogP contribution in [0.1, 0.15) is 43.7 Å². The van der Waals surface area contributed by atoms with Crippen molar-refractivity contribution in [3.05, 3.63) is 59.7 Å². The molecule has 1 atom stereocenters. The second-order valence-corrected chi connectivity index (χ2v) is 8.85. The van der Waals surface area contributed by atoms with Gasteiger partial charge in [0.05, 0.1) is 17.9 Å². The SMILES string of the molecule is CC(C)(CCNC(=O)CC(O)CNC(=O)OCC1c2ccccc2-c2ccccc21)C(=O)O. The predicted molar refractivity (Wildman–Crippen MR) is 123 cm³/mol. The summed E-state index contributed by atoms with van der Waals surface area (Å²) < 4.78 is 5.40. The molecule has 0 heterocycles. The number of rotatable bonds is 10. The van der Waals surface area contributed by atoms with Crippen molar-refractivity contribution in [1.29, 1.82) is 0 Å². The number of alkyl carbamates (subject to hydrolysis) is 1. The number of carboxylic acid groups (broad SMARTS) is 1. The standard InChI is InChI=1S/C25H30N2O6/c1-25(2,23(30)31)11-12-26-22(29)13-16(28)14-27-24(32)33-15-21-19-9-5-3-7-17(19)18-8-4-6-10-20(18)21/h3-10,16,21,28H,11-15H2,1-2H3,(H,26,29)(H,27,32)(H,30,31). The summed E-state index contributed by atoms with van der Waals surface area (Å²) in [5.74, 6) is -1.42. The Balaban J connectivity index is 1.41. The van der Waals surface area contributed by atoms with Gasteiger partial charge in [-0.05, 0) is 42.5 Å². The molecule has 4 N–H and O–H groups in total. The highest BCUT2D eigenvalue weighted by Gasteiger charge is 2.29. The molecular formula is C25H30N2O6. The van der Waals surface area contributed by atoms with Crippen LogP contribution in [0.25, 0.3) is 11.1 Å². The zero-order chi connectivity index (χ0) is 24.0. The van der Waals surface area contributed by atoms with Gasteiger partial charge in [-0.2, -0.15) is 0 Å². The van der Waals surface area contributed by atoms with Gasteiger partial charge in [0.15, 0.2) is 0 Å². The lowest BCUT2D eigenvalue weighted by Gasteiger charge is -2.19. The molecule has 8 nitrogen and oxygen atoms in total. The van der Waals surface area contributed by atoms with Crippen LogP contribution in [0.4, 0.5) is 4.79 Å². The van der Waals surface area contributed by atoms with E-state index in [1.165, 1.54) is 0 Å². The molecule has 0 radical (unpaired) electrons. The third kappa shape index (κ3) is 6.10. The van der Waals surface area contributed by atoms with Gasteiger partial charge >= 0.3 is 12.1 Å². The molecule has 0 bridgehead atoms. The third-order valence-corrected chi connectivity index (χ3v) is 5.90. The summed E-state index contributed by atoms with van der Waals surface area (Å²) in [5, 5.41) is 24.2. The van der Waals surface area contributed by atoms with Crippen molar-refractivity contribution in [2.75, 3.05) is 19.7 Å². The van der Waals surface area contributed by atoms with Gasteiger partial charge in [0.1, 0.15) is 6.61 Å². The van der Waals surface area contributed by atoms with Crippen molar-refractivity contribution < 1.29 is 29.3 Å². The Bertz CT molecular complexity index is 974.